The van der Waals surface area contributed by atoms with Crippen molar-refractivity contribution in [1.29, 1.82) is 0 Å². The van der Waals surface area contributed by atoms with Gasteiger partial charge < -0.3 is 10.5 Å². The van der Waals surface area contributed by atoms with Gasteiger partial charge in [0.2, 0.25) is 0 Å². The van der Waals surface area contributed by atoms with Crippen molar-refractivity contribution in [2.75, 3.05) is 13.7 Å². The maximum Gasteiger partial charge on any atom is 0.188 e. The van der Waals surface area contributed by atoms with Crippen molar-refractivity contribution < 1.29 is 4.74 Å². The number of hydrogen-bond acceptors (Lipinski definition) is 5. The summed E-state index contributed by atoms with van der Waals surface area (Å²) in [6.45, 7) is 2.48. The minimum Gasteiger partial charge on any atom is -0.497 e. The van der Waals surface area contributed by atoms with Crippen molar-refractivity contribution in [3.05, 3.63) is 47.8 Å². The van der Waals surface area contributed by atoms with E-state index in [4.69, 9.17) is 10.5 Å². The smallest absolute Gasteiger partial charge is 0.188 e. The maximum absolute atomic E-state index is 5.87. The Morgan fingerprint density at radius 2 is 2.21 bits per heavy atom. The van der Waals surface area contributed by atoms with Gasteiger partial charge in [-0.15, -0.1) is 0 Å². The van der Waals surface area contributed by atoms with Crippen LogP contribution in [0.3, 0.4) is 0 Å². The Labute approximate surface area is 117 Å². The molecule has 2 rings (SSSR count). The summed E-state index contributed by atoms with van der Waals surface area (Å²) in [5, 5.41) is 0.871. The number of benzene rings is 1. The van der Waals surface area contributed by atoms with Gasteiger partial charge in [-0.05, 0) is 30.7 Å². The Kier molecular flexibility index (Phi) is 4.76. The lowest BCUT2D eigenvalue weighted by Gasteiger charge is -2.14. The van der Waals surface area contributed by atoms with Gasteiger partial charge in [-0.1, -0.05) is 23.9 Å². The predicted molar refractivity (Wildman–Crippen MR) is 77.4 cm³/mol. The molecule has 0 saturated carbocycles. The Balaban J connectivity index is 2.19. The standard InChI is InChI=1S/C14H17N3OS/c1-10-6-7-16-14(17-10)19-13(9-15)11-4-3-5-12(8-11)18-2/h3-8,13H,9,15H2,1-2H3. The van der Waals surface area contributed by atoms with Gasteiger partial charge in [-0.3, -0.25) is 0 Å². The minimum absolute atomic E-state index is 0.122. The van der Waals surface area contributed by atoms with Crippen molar-refractivity contribution in [2.45, 2.75) is 17.3 Å². The lowest BCUT2D eigenvalue weighted by atomic mass is 10.1. The van der Waals surface area contributed by atoms with Crippen molar-refractivity contribution in [3.8, 4) is 5.75 Å². The molecule has 0 saturated heterocycles. The summed E-state index contributed by atoms with van der Waals surface area (Å²) < 4.78 is 5.24. The SMILES string of the molecule is COc1cccc(C(CN)Sc2nccc(C)n2)c1. The topological polar surface area (TPSA) is 61.0 Å². The van der Waals surface area contributed by atoms with Crippen LogP contribution in [-0.2, 0) is 0 Å². The van der Waals surface area contributed by atoms with Crippen LogP contribution in [0.4, 0.5) is 0 Å². The molecule has 0 radical (unpaired) electrons. The van der Waals surface area contributed by atoms with E-state index in [9.17, 15) is 0 Å². The van der Waals surface area contributed by atoms with Gasteiger partial charge in [0.1, 0.15) is 5.75 Å². The zero-order chi connectivity index (χ0) is 13.7. The van der Waals surface area contributed by atoms with Crippen molar-refractivity contribution in [3.63, 3.8) is 0 Å². The van der Waals surface area contributed by atoms with E-state index < -0.39 is 0 Å². The average molecular weight is 275 g/mol. The highest BCUT2D eigenvalue weighted by molar-refractivity contribution is 7.99. The second-order valence-corrected chi connectivity index (χ2v) is 5.27. The molecule has 0 aliphatic heterocycles. The molecule has 100 valence electrons. The molecule has 1 heterocycles. The molecule has 0 aliphatic carbocycles. The van der Waals surface area contributed by atoms with Crippen LogP contribution in [-0.4, -0.2) is 23.6 Å². The molecule has 4 nitrogen and oxygen atoms in total. The summed E-state index contributed by atoms with van der Waals surface area (Å²) in [7, 11) is 1.66. The fourth-order valence-electron chi connectivity index (χ4n) is 1.70. The van der Waals surface area contributed by atoms with E-state index >= 15 is 0 Å². The van der Waals surface area contributed by atoms with E-state index in [1.54, 1.807) is 25.1 Å². The molecule has 0 fully saturated rings. The maximum atomic E-state index is 5.87. The van der Waals surface area contributed by atoms with Crippen LogP contribution in [0.1, 0.15) is 16.5 Å². The number of nitrogens with two attached hydrogens (primary N) is 1. The molecule has 1 aromatic carbocycles. The van der Waals surface area contributed by atoms with Gasteiger partial charge in [-0.2, -0.15) is 0 Å². The Morgan fingerprint density at radius 1 is 1.37 bits per heavy atom. The zero-order valence-corrected chi connectivity index (χ0v) is 11.9. The van der Waals surface area contributed by atoms with Gasteiger partial charge in [0.15, 0.2) is 5.16 Å². The normalized spacial score (nSPS) is 12.2. The molecule has 0 spiro atoms. The molecular weight excluding hydrogens is 258 g/mol. The second kappa shape index (κ2) is 6.54. The first kappa shape index (κ1) is 13.8. The van der Waals surface area contributed by atoms with Gasteiger partial charge in [0.25, 0.3) is 0 Å². The fraction of sp³-hybridized carbons (Fsp3) is 0.286. The summed E-state index contributed by atoms with van der Waals surface area (Å²) in [5.41, 5.74) is 7.94. The number of aromatic nitrogens is 2. The summed E-state index contributed by atoms with van der Waals surface area (Å²) in [5.74, 6) is 0.835. The monoisotopic (exact) mass is 275 g/mol. The van der Waals surface area contributed by atoms with Crippen LogP contribution in [0.25, 0.3) is 0 Å². The van der Waals surface area contributed by atoms with E-state index in [0.717, 1.165) is 22.2 Å². The van der Waals surface area contributed by atoms with Gasteiger partial charge in [0, 0.05) is 23.7 Å². The number of ether oxygens (including phenoxy) is 1. The molecular formula is C14H17N3OS. The third-order valence-corrected chi connectivity index (χ3v) is 3.86. The van der Waals surface area contributed by atoms with Crippen LogP contribution < -0.4 is 10.5 Å². The average Bonchev–Trinajstić information content (AvgIpc) is 2.45. The van der Waals surface area contributed by atoms with Crippen LogP contribution in [0.5, 0.6) is 5.75 Å². The lowest BCUT2D eigenvalue weighted by molar-refractivity contribution is 0.414. The summed E-state index contributed by atoms with van der Waals surface area (Å²) in [6.07, 6.45) is 1.77. The van der Waals surface area contributed by atoms with Crippen molar-refractivity contribution in [2.24, 2.45) is 5.73 Å². The molecule has 19 heavy (non-hydrogen) atoms. The largest absolute Gasteiger partial charge is 0.497 e. The van der Waals surface area contributed by atoms with Crippen LogP contribution >= 0.6 is 11.8 Å². The first-order chi connectivity index (χ1) is 9.22. The Hall–Kier alpha value is -1.59. The molecule has 1 aromatic heterocycles. The molecule has 2 aromatic rings. The Morgan fingerprint density at radius 3 is 2.89 bits per heavy atom. The van der Waals surface area contributed by atoms with Crippen molar-refractivity contribution in [1.82, 2.24) is 9.97 Å². The number of aryl methyl sites for hydroxylation is 1. The summed E-state index contributed by atoms with van der Waals surface area (Å²) in [4.78, 5) is 8.65. The van der Waals surface area contributed by atoms with Crippen molar-refractivity contribution >= 4 is 11.8 Å². The summed E-state index contributed by atoms with van der Waals surface area (Å²) >= 11 is 1.57. The molecule has 2 N–H and O–H groups in total. The summed E-state index contributed by atoms with van der Waals surface area (Å²) in [6, 6.07) is 9.82. The molecule has 0 bridgehead atoms. The highest BCUT2D eigenvalue weighted by Crippen LogP contribution is 2.33. The van der Waals surface area contributed by atoms with Crippen LogP contribution in [0, 0.1) is 6.92 Å². The molecule has 1 unspecified atom stereocenters. The number of nitrogens with zero attached hydrogens (tertiary/aromatic N) is 2. The van der Waals surface area contributed by atoms with Crippen LogP contribution in [0.15, 0.2) is 41.7 Å². The fourth-order valence-corrected chi connectivity index (χ4v) is 2.66. The quantitative estimate of drug-likeness (QED) is 0.671. The number of rotatable bonds is 5. The first-order valence-corrected chi connectivity index (χ1v) is 6.91. The van der Waals surface area contributed by atoms with Gasteiger partial charge >= 0.3 is 0 Å². The Bertz CT molecular complexity index is 548. The number of hydrogen-bond donors (Lipinski definition) is 1. The zero-order valence-electron chi connectivity index (χ0n) is 11.0. The van der Waals surface area contributed by atoms with E-state index in [0.29, 0.717) is 6.54 Å². The highest BCUT2D eigenvalue weighted by Gasteiger charge is 2.14. The molecule has 1 atom stereocenters. The van der Waals surface area contributed by atoms with Gasteiger partial charge in [-0.25, -0.2) is 9.97 Å². The number of thioether (sulfide) groups is 1. The van der Waals surface area contributed by atoms with E-state index in [2.05, 4.69) is 9.97 Å². The minimum atomic E-state index is 0.122. The second-order valence-electron chi connectivity index (χ2n) is 4.10. The lowest BCUT2D eigenvalue weighted by Crippen LogP contribution is -2.10. The molecule has 0 amide bonds. The third kappa shape index (κ3) is 3.68. The van der Waals surface area contributed by atoms with E-state index in [1.165, 1.54) is 0 Å². The third-order valence-electron chi connectivity index (χ3n) is 2.70. The first-order valence-electron chi connectivity index (χ1n) is 6.03. The van der Waals surface area contributed by atoms with Gasteiger partial charge in [0.05, 0.1) is 7.11 Å². The van der Waals surface area contributed by atoms with E-state index in [-0.39, 0.29) is 5.25 Å². The van der Waals surface area contributed by atoms with Crippen LogP contribution in [0.2, 0.25) is 0 Å². The molecule has 5 heteroatoms. The number of methoxy groups -OCH3 is 1. The van der Waals surface area contributed by atoms with E-state index in [1.807, 2.05) is 37.3 Å². The molecule has 0 aliphatic rings. The highest BCUT2D eigenvalue weighted by atomic mass is 32.2. The predicted octanol–water partition coefficient (Wildman–Crippen LogP) is 2.59.